The fourth-order valence-corrected chi connectivity index (χ4v) is 5.04. The summed E-state index contributed by atoms with van der Waals surface area (Å²) >= 11 is 0. The molecule has 2 heteroatoms. The Balaban J connectivity index is 2.08. The van der Waals surface area contributed by atoms with Crippen LogP contribution in [-0.2, 0) is 0 Å². The van der Waals surface area contributed by atoms with Crippen molar-refractivity contribution >= 4 is 17.0 Å². The predicted molar refractivity (Wildman–Crippen MR) is 150 cm³/mol. The highest BCUT2D eigenvalue weighted by Crippen LogP contribution is 2.32. The largest absolute Gasteiger partial charge is 0.372 e. The summed E-state index contributed by atoms with van der Waals surface area (Å²) in [6.45, 7) is 17.5. The van der Waals surface area contributed by atoms with Crippen LogP contribution in [0.2, 0.25) is 0 Å². The first-order valence-corrected chi connectivity index (χ1v) is 13.3. The summed E-state index contributed by atoms with van der Waals surface area (Å²) in [6, 6.07) is 18.4. The second-order valence-electron chi connectivity index (χ2n) is 8.95. The molecule has 3 rings (SSSR count). The lowest BCUT2D eigenvalue weighted by Gasteiger charge is -2.22. The Morgan fingerprint density at radius 3 is 1.62 bits per heavy atom. The average Bonchev–Trinajstić information content (AvgIpc) is 2.89. The molecule has 0 saturated carbocycles. The van der Waals surface area contributed by atoms with Gasteiger partial charge < -0.3 is 4.90 Å². The highest BCUT2D eigenvalue weighted by atomic mass is 15.1. The van der Waals surface area contributed by atoms with Gasteiger partial charge in [-0.25, -0.2) is 4.58 Å². The van der Waals surface area contributed by atoms with Crippen molar-refractivity contribution in [1.29, 1.82) is 0 Å². The lowest BCUT2D eigenvalue weighted by Crippen LogP contribution is -2.21. The minimum atomic E-state index is 0.638. The smallest absolute Gasteiger partial charge is 0.199 e. The van der Waals surface area contributed by atoms with Gasteiger partial charge in [0.05, 0.1) is 0 Å². The van der Waals surface area contributed by atoms with Gasteiger partial charge in [-0.1, -0.05) is 50.2 Å². The van der Waals surface area contributed by atoms with Crippen molar-refractivity contribution in [2.45, 2.75) is 60.3 Å². The quantitative estimate of drug-likeness (QED) is 0.330. The van der Waals surface area contributed by atoms with Crippen LogP contribution in [0.4, 0.5) is 5.69 Å². The molecule has 0 amide bonds. The molecule has 0 aliphatic heterocycles. The molecule has 0 unspecified atom stereocenters. The number of benzene rings is 2. The fraction of sp³-hybridized carbons (Fsp3) is 0.406. The fourth-order valence-electron chi connectivity index (χ4n) is 5.04. The normalized spacial score (nSPS) is 13.0. The Kier molecular flexibility index (Phi) is 9.51. The van der Waals surface area contributed by atoms with Gasteiger partial charge in [0.25, 0.3) is 0 Å². The molecule has 0 heterocycles. The zero-order valence-electron chi connectivity index (χ0n) is 22.1. The monoisotopic (exact) mass is 455 g/mol. The van der Waals surface area contributed by atoms with Gasteiger partial charge in [-0.15, -0.1) is 0 Å². The van der Waals surface area contributed by atoms with Crippen LogP contribution < -0.4 is 4.90 Å². The lowest BCUT2D eigenvalue weighted by molar-refractivity contribution is -0.519. The number of hydrogen-bond donors (Lipinski definition) is 0. The minimum Gasteiger partial charge on any atom is -0.372 e. The third-order valence-corrected chi connectivity index (χ3v) is 7.23. The molecule has 0 atom stereocenters. The first-order valence-electron chi connectivity index (χ1n) is 13.3. The lowest BCUT2D eigenvalue weighted by atomic mass is 9.88. The third-order valence-electron chi connectivity index (χ3n) is 7.23. The van der Waals surface area contributed by atoms with Gasteiger partial charge in [-0.2, -0.15) is 0 Å². The van der Waals surface area contributed by atoms with Gasteiger partial charge in [0, 0.05) is 30.9 Å². The van der Waals surface area contributed by atoms with Crippen LogP contribution >= 0.6 is 0 Å². The summed E-state index contributed by atoms with van der Waals surface area (Å²) in [6.07, 6.45) is 11.5. The van der Waals surface area contributed by atoms with E-state index in [9.17, 15) is 0 Å². The van der Waals surface area contributed by atoms with Gasteiger partial charge in [0.2, 0.25) is 0 Å². The maximum Gasteiger partial charge on any atom is 0.199 e. The van der Waals surface area contributed by atoms with E-state index in [2.05, 4.69) is 124 Å². The van der Waals surface area contributed by atoms with E-state index in [1.54, 1.807) is 0 Å². The molecule has 0 bridgehead atoms. The first-order chi connectivity index (χ1) is 16.6. The summed E-state index contributed by atoms with van der Waals surface area (Å²) in [7, 11) is 0. The summed E-state index contributed by atoms with van der Waals surface area (Å²) in [5.41, 5.74) is 9.13. The number of nitrogens with zero attached hydrogens (tertiary/aromatic N) is 2. The van der Waals surface area contributed by atoms with E-state index in [1.165, 1.54) is 52.1 Å². The maximum atomic E-state index is 2.40. The first kappa shape index (κ1) is 25.7. The summed E-state index contributed by atoms with van der Waals surface area (Å²) in [4.78, 5) is 2.40. The minimum absolute atomic E-state index is 0.638. The van der Waals surface area contributed by atoms with Crippen LogP contribution in [0.5, 0.6) is 0 Å². The van der Waals surface area contributed by atoms with Crippen LogP contribution in [0.3, 0.4) is 0 Å². The average molecular weight is 456 g/mol. The van der Waals surface area contributed by atoms with E-state index in [1.807, 2.05) is 0 Å². The summed E-state index contributed by atoms with van der Waals surface area (Å²) in [5.74, 6) is 0.638. The highest BCUT2D eigenvalue weighted by molar-refractivity contribution is 6.04. The van der Waals surface area contributed by atoms with E-state index >= 15 is 0 Å². The molecule has 0 saturated heterocycles. The van der Waals surface area contributed by atoms with Crippen molar-refractivity contribution in [3.63, 3.8) is 0 Å². The summed E-state index contributed by atoms with van der Waals surface area (Å²) in [5, 5.41) is 0. The zero-order chi connectivity index (χ0) is 24.5. The molecule has 1 aliphatic carbocycles. The van der Waals surface area contributed by atoms with Gasteiger partial charge in [0.15, 0.2) is 5.71 Å². The molecule has 0 fully saturated rings. The van der Waals surface area contributed by atoms with Gasteiger partial charge in [-0.05, 0) is 98.6 Å². The zero-order valence-corrected chi connectivity index (χ0v) is 22.1. The Morgan fingerprint density at radius 2 is 1.18 bits per heavy atom. The van der Waals surface area contributed by atoms with Crippen LogP contribution in [0.15, 0.2) is 78.4 Å². The highest BCUT2D eigenvalue weighted by Gasteiger charge is 2.15. The van der Waals surface area contributed by atoms with Crippen molar-refractivity contribution in [1.82, 2.24) is 0 Å². The van der Waals surface area contributed by atoms with Gasteiger partial charge in [0.1, 0.15) is 13.1 Å². The molecule has 2 aromatic rings. The molecule has 0 N–H and O–H groups in total. The molecular weight excluding hydrogens is 412 g/mol. The Bertz CT molecular complexity index is 960. The Morgan fingerprint density at radius 1 is 0.676 bits per heavy atom. The standard InChI is InChI=1S/C32H43N2/c1-7-25(8-2)26-13-15-27(16-14-26)32(28-17-21-30(22-18-28)33(9-3)10-4)29-19-23-31(24-20-29)34(11-5)12-6/h13-25H,7-12H2,1-6H3/q+1. The van der Waals surface area contributed by atoms with Crippen molar-refractivity contribution in [2.75, 3.05) is 31.1 Å². The van der Waals surface area contributed by atoms with Crippen molar-refractivity contribution < 1.29 is 4.58 Å². The molecule has 34 heavy (non-hydrogen) atoms. The van der Waals surface area contributed by atoms with Crippen LogP contribution in [0.25, 0.3) is 5.57 Å². The number of allylic oxidation sites excluding steroid dienone is 5. The molecular formula is C32H43N2+. The van der Waals surface area contributed by atoms with Crippen molar-refractivity contribution in [3.8, 4) is 0 Å². The topological polar surface area (TPSA) is 6.25 Å². The third kappa shape index (κ3) is 5.78. The molecule has 1 aliphatic rings. The van der Waals surface area contributed by atoms with Crippen molar-refractivity contribution in [3.05, 3.63) is 95.1 Å². The van der Waals surface area contributed by atoms with Crippen molar-refractivity contribution in [2.24, 2.45) is 0 Å². The molecule has 180 valence electrons. The molecule has 2 nitrogen and oxygen atoms in total. The van der Waals surface area contributed by atoms with Gasteiger partial charge in [-0.3, -0.25) is 0 Å². The maximum absolute atomic E-state index is 2.40. The van der Waals surface area contributed by atoms with Crippen LogP contribution in [0, 0.1) is 0 Å². The van der Waals surface area contributed by atoms with E-state index < -0.39 is 0 Å². The second-order valence-corrected chi connectivity index (χ2v) is 8.95. The molecule has 0 aromatic heterocycles. The van der Waals surface area contributed by atoms with E-state index in [0.29, 0.717) is 5.92 Å². The summed E-state index contributed by atoms with van der Waals surface area (Å²) < 4.78 is 2.40. The van der Waals surface area contributed by atoms with E-state index in [4.69, 9.17) is 0 Å². The molecule has 0 spiro atoms. The van der Waals surface area contributed by atoms with Gasteiger partial charge >= 0.3 is 0 Å². The molecule has 2 aromatic carbocycles. The second kappa shape index (κ2) is 12.6. The number of hydrogen-bond acceptors (Lipinski definition) is 1. The number of rotatable bonds is 10. The predicted octanol–water partition coefficient (Wildman–Crippen LogP) is 7.86. The number of anilines is 1. The van der Waals surface area contributed by atoms with E-state index in [-0.39, 0.29) is 0 Å². The SMILES string of the molecule is CCC(CC)c1ccc(C(=C2C=CC(=[N+](CC)CC)C=C2)c2ccc(N(CC)CC)cc2)cc1. The van der Waals surface area contributed by atoms with Crippen LogP contribution in [-0.4, -0.2) is 36.5 Å². The van der Waals surface area contributed by atoms with E-state index in [0.717, 1.165) is 26.2 Å². The molecule has 0 radical (unpaired) electrons. The Hall–Kier alpha value is -2.87. The van der Waals surface area contributed by atoms with Crippen LogP contribution in [0.1, 0.15) is 77.0 Å². The Labute approximate surface area is 208 Å².